The molecule has 118 valence electrons. The second kappa shape index (κ2) is 5.82. The van der Waals surface area contributed by atoms with Gasteiger partial charge in [-0.15, -0.1) is 0 Å². The monoisotopic (exact) mass is 311 g/mol. The van der Waals surface area contributed by atoms with Gasteiger partial charge in [-0.1, -0.05) is 13.8 Å². The molecule has 2 aliphatic rings. The maximum atomic E-state index is 10.2. The fourth-order valence-corrected chi connectivity index (χ4v) is 4.38. The van der Waals surface area contributed by atoms with Crippen molar-refractivity contribution in [2.45, 2.75) is 58.2 Å². The third-order valence-electron chi connectivity index (χ3n) is 5.02. The Labute approximate surface area is 130 Å². The Morgan fingerprint density at radius 1 is 1.43 bits per heavy atom. The van der Waals surface area contributed by atoms with Crippen LogP contribution in [-0.2, 0) is 4.74 Å². The Balaban J connectivity index is 1.64. The fraction of sp³-hybridized carbons (Fsp3) is 0.867. The second-order valence-corrected chi connectivity index (χ2v) is 7.24. The first-order chi connectivity index (χ1) is 10.1. The van der Waals surface area contributed by atoms with E-state index >= 15 is 0 Å². The van der Waals surface area contributed by atoms with E-state index in [0.717, 1.165) is 49.9 Å². The van der Waals surface area contributed by atoms with Crippen LogP contribution in [0.3, 0.4) is 0 Å². The molecular weight excluding hydrogens is 286 g/mol. The molecule has 5 nitrogen and oxygen atoms in total. The summed E-state index contributed by atoms with van der Waals surface area (Å²) in [6, 6.07) is 0. The highest BCUT2D eigenvalue weighted by Crippen LogP contribution is 2.51. The molecule has 2 unspecified atom stereocenters. The summed E-state index contributed by atoms with van der Waals surface area (Å²) in [6.45, 7) is 8.88. The smallest absolute Gasteiger partial charge is 0.205 e. The minimum absolute atomic E-state index is 0.0158. The number of rotatable bonds is 4. The molecule has 0 aromatic carbocycles. The van der Waals surface area contributed by atoms with E-state index in [1.165, 1.54) is 11.5 Å². The van der Waals surface area contributed by atoms with Gasteiger partial charge in [0.15, 0.2) is 0 Å². The molecule has 0 bridgehead atoms. The van der Waals surface area contributed by atoms with E-state index in [1.54, 1.807) is 0 Å². The quantitative estimate of drug-likeness (QED) is 0.925. The van der Waals surface area contributed by atoms with Gasteiger partial charge in [-0.25, -0.2) is 4.98 Å². The molecule has 21 heavy (non-hydrogen) atoms. The average Bonchev–Trinajstić information content (AvgIpc) is 2.97. The average molecular weight is 311 g/mol. The SMILES string of the molecule is CCOC1CC(O)C12CCN(c1nc(C(C)C)ns1)CC2. The maximum absolute atomic E-state index is 10.2. The minimum atomic E-state index is -0.197. The number of ether oxygens (including phenoxy) is 1. The summed E-state index contributed by atoms with van der Waals surface area (Å²) < 4.78 is 10.2. The summed E-state index contributed by atoms with van der Waals surface area (Å²) >= 11 is 1.49. The van der Waals surface area contributed by atoms with Gasteiger partial charge in [-0.2, -0.15) is 4.37 Å². The first-order valence-electron chi connectivity index (χ1n) is 7.95. The van der Waals surface area contributed by atoms with Gasteiger partial charge >= 0.3 is 0 Å². The number of aliphatic hydroxyl groups excluding tert-OH is 1. The van der Waals surface area contributed by atoms with Gasteiger partial charge in [0.25, 0.3) is 0 Å². The van der Waals surface area contributed by atoms with Crippen LogP contribution in [0.2, 0.25) is 0 Å². The first-order valence-corrected chi connectivity index (χ1v) is 8.72. The number of aromatic nitrogens is 2. The Morgan fingerprint density at radius 2 is 2.14 bits per heavy atom. The molecule has 1 saturated heterocycles. The number of nitrogens with zero attached hydrogens (tertiary/aromatic N) is 3. The molecule has 6 heteroatoms. The molecule has 1 aliphatic carbocycles. The maximum Gasteiger partial charge on any atom is 0.205 e. The third-order valence-corrected chi connectivity index (χ3v) is 5.81. The number of anilines is 1. The molecule has 1 N–H and O–H groups in total. The highest BCUT2D eigenvalue weighted by molar-refractivity contribution is 7.09. The van der Waals surface area contributed by atoms with E-state index in [1.807, 2.05) is 6.92 Å². The standard InChI is InChI=1S/C15H25N3O2S/c1-4-20-12-9-11(19)15(12)5-7-18(8-6-15)14-16-13(10(2)3)17-21-14/h10-12,19H,4-9H2,1-3H3. The molecule has 0 radical (unpaired) electrons. The fourth-order valence-electron chi connectivity index (χ4n) is 3.52. The van der Waals surface area contributed by atoms with Crippen LogP contribution in [0, 0.1) is 5.41 Å². The van der Waals surface area contributed by atoms with Crippen LogP contribution in [0.4, 0.5) is 5.13 Å². The van der Waals surface area contributed by atoms with Crippen molar-refractivity contribution >= 4 is 16.7 Å². The van der Waals surface area contributed by atoms with Crippen molar-refractivity contribution in [1.82, 2.24) is 9.36 Å². The topological polar surface area (TPSA) is 58.5 Å². The van der Waals surface area contributed by atoms with E-state index in [-0.39, 0.29) is 17.6 Å². The largest absolute Gasteiger partial charge is 0.392 e. The highest BCUT2D eigenvalue weighted by Gasteiger charge is 2.56. The van der Waals surface area contributed by atoms with Crippen LogP contribution < -0.4 is 4.90 Å². The van der Waals surface area contributed by atoms with E-state index in [0.29, 0.717) is 5.92 Å². The van der Waals surface area contributed by atoms with Gasteiger partial charge in [-0.05, 0) is 19.8 Å². The van der Waals surface area contributed by atoms with Crippen molar-refractivity contribution in [3.8, 4) is 0 Å². The molecular formula is C15H25N3O2S. The summed E-state index contributed by atoms with van der Waals surface area (Å²) in [5, 5.41) is 11.3. The number of piperidine rings is 1. The molecule has 2 atom stereocenters. The summed E-state index contributed by atoms with van der Waals surface area (Å²) in [5.74, 6) is 1.31. The molecule has 0 amide bonds. The van der Waals surface area contributed by atoms with Crippen LogP contribution in [0.15, 0.2) is 0 Å². The predicted octanol–water partition coefficient (Wildman–Crippen LogP) is 2.42. The zero-order chi connectivity index (χ0) is 15.0. The molecule has 1 aliphatic heterocycles. The van der Waals surface area contributed by atoms with Crippen molar-refractivity contribution in [2.24, 2.45) is 5.41 Å². The van der Waals surface area contributed by atoms with E-state index in [9.17, 15) is 5.11 Å². The molecule has 1 spiro atoms. The zero-order valence-electron chi connectivity index (χ0n) is 13.1. The lowest BCUT2D eigenvalue weighted by Gasteiger charge is -2.56. The summed E-state index contributed by atoms with van der Waals surface area (Å²) in [6.07, 6.45) is 2.80. The van der Waals surface area contributed by atoms with Crippen LogP contribution in [-0.4, -0.2) is 46.4 Å². The van der Waals surface area contributed by atoms with Gasteiger partial charge in [0, 0.05) is 49.0 Å². The van der Waals surface area contributed by atoms with Gasteiger partial charge in [0.05, 0.1) is 12.2 Å². The Hall–Kier alpha value is -0.720. The molecule has 1 aromatic heterocycles. The molecule has 1 aromatic rings. The zero-order valence-corrected chi connectivity index (χ0v) is 13.9. The molecule has 1 saturated carbocycles. The lowest BCUT2D eigenvalue weighted by Crippen LogP contribution is -2.62. The lowest BCUT2D eigenvalue weighted by atomic mass is 9.58. The van der Waals surface area contributed by atoms with Crippen LogP contribution in [0.25, 0.3) is 0 Å². The Kier molecular flexibility index (Phi) is 4.21. The summed E-state index contributed by atoms with van der Waals surface area (Å²) in [7, 11) is 0. The third kappa shape index (κ3) is 2.58. The van der Waals surface area contributed by atoms with Crippen molar-refractivity contribution in [1.29, 1.82) is 0 Å². The minimum Gasteiger partial charge on any atom is -0.392 e. The Morgan fingerprint density at radius 3 is 2.67 bits per heavy atom. The van der Waals surface area contributed by atoms with Crippen molar-refractivity contribution in [3.05, 3.63) is 5.82 Å². The van der Waals surface area contributed by atoms with Crippen molar-refractivity contribution in [3.63, 3.8) is 0 Å². The molecule has 3 rings (SSSR count). The van der Waals surface area contributed by atoms with Crippen LogP contribution in [0.1, 0.15) is 51.8 Å². The number of hydrogen-bond donors (Lipinski definition) is 1. The second-order valence-electron chi connectivity index (χ2n) is 6.51. The number of hydrogen-bond acceptors (Lipinski definition) is 6. The Bertz CT molecular complexity index is 481. The van der Waals surface area contributed by atoms with Gasteiger partial charge < -0.3 is 14.7 Å². The van der Waals surface area contributed by atoms with E-state index < -0.39 is 0 Å². The van der Waals surface area contributed by atoms with Gasteiger partial charge in [0.2, 0.25) is 5.13 Å². The highest BCUT2D eigenvalue weighted by atomic mass is 32.1. The lowest BCUT2D eigenvalue weighted by molar-refractivity contribution is -0.199. The first kappa shape index (κ1) is 15.2. The van der Waals surface area contributed by atoms with Crippen molar-refractivity contribution in [2.75, 3.05) is 24.6 Å². The van der Waals surface area contributed by atoms with Gasteiger partial charge in [-0.3, -0.25) is 0 Å². The van der Waals surface area contributed by atoms with Crippen molar-refractivity contribution < 1.29 is 9.84 Å². The summed E-state index contributed by atoms with van der Waals surface area (Å²) in [4.78, 5) is 6.95. The molecule has 2 fully saturated rings. The van der Waals surface area contributed by atoms with E-state index in [4.69, 9.17) is 4.74 Å². The summed E-state index contributed by atoms with van der Waals surface area (Å²) in [5.41, 5.74) is -0.0158. The predicted molar refractivity (Wildman–Crippen MR) is 83.9 cm³/mol. The van der Waals surface area contributed by atoms with Gasteiger partial charge in [0.1, 0.15) is 5.82 Å². The van der Waals surface area contributed by atoms with Crippen LogP contribution >= 0.6 is 11.5 Å². The van der Waals surface area contributed by atoms with E-state index in [2.05, 4.69) is 28.1 Å². The molecule has 2 heterocycles. The number of aliphatic hydroxyl groups is 1. The normalized spacial score (nSPS) is 28.1. The van der Waals surface area contributed by atoms with Crippen LogP contribution in [0.5, 0.6) is 0 Å².